The van der Waals surface area contributed by atoms with Crippen LogP contribution in [0.15, 0.2) is 30.3 Å². The molecule has 10 nitrogen and oxygen atoms in total. The third-order valence-corrected chi connectivity index (χ3v) is 10.2. The number of aryl methyl sites for hydroxylation is 1. The molecule has 1 aliphatic rings. The number of carbonyl (C=O) groups is 4. The Balaban J connectivity index is 1.80. The summed E-state index contributed by atoms with van der Waals surface area (Å²) in [5, 5.41) is 18.3. The van der Waals surface area contributed by atoms with E-state index in [9.17, 15) is 24.3 Å². The number of halogens is 4. The number of amides is 4. The van der Waals surface area contributed by atoms with Gasteiger partial charge in [-0.05, 0) is 66.1 Å². The average Bonchev–Trinajstić information content (AvgIpc) is 3.35. The molecule has 3 aromatic rings. The van der Waals surface area contributed by atoms with E-state index in [1.807, 2.05) is 13.8 Å². The first-order chi connectivity index (χ1) is 22.1. The van der Waals surface area contributed by atoms with Crippen LogP contribution in [0.2, 0.25) is 20.1 Å². The van der Waals surface area contributed by atoms with Crippen LogP contribution in [0.3, 0.4) is 0 Å². The second-order valence-corrected chi connectivity index (χ2v) is 14.1. The first-order valence-corrected chi connectivity index (χ1v) is 17.0. The number of nitrogens with one attached hydrogen (secondary N) is 3. The molecule has 0 aliphatic heterocycles. The van der Waals surface area contributed by atoms with Crippen LogP contribution in [0.25, 0.3) is 10.9 Å². The molecule has 1 aliphatic carbocycles. The first-order valence-electron chi connectivity index (χ1n) is 15.5. The molecule has 14 heteroatoms. The number of fused-ring (bicyclic) bond motifs is 3. The summed E-state index contributed by atoms with van der Waals surface area (Å²) in [5.74, 6) is -2.71. The number of primary amides is 1. The number of hydrogen-bond acceptors (Lipinski definition) is 4. The van der Waals surface area contributed by atoms with Crippen molar-refractivity contribution in [2.45, 2.75) is 84.0 Å². The number of nitrogens with zero attached hydrogens (tertiary/aromatic N) is 1. The third-order valence-electron chi connectivity index (χ3n) is 9.21. The Hall–Kier alpha value is -3.18. The van der Waals surface area contributed by atoms with Gasteiger partial charge in [-0.2, -0.15) is 0 Å². The standard InChI is InChI=1S/C33H39Cl4N5O5/c1-5-16(3)26(29(38)43)40-31(45)33(8-7-25-23(14-33)22-12-21(36)13-24(37)27(22)39-25)41-30(44)28(17(4)6-2)42(32(46)47)15-18-9-19(34)11-20(35)10-18/h9-13,16-17,26,28,39H,5-8,14-15H2,1-4H3,(H2,38,43)(H,40,45)(H,41,44)(H,46,47)/t16-,17-,26?,28?,33+/m0/s1. The lowest BCUT2D eigenvalue weighted by atomic mass is 9.78. The van der Waals surface area contributed by atoms with E-state index >= 15 is 0 Å². The zero-order valence-corrected chi connectivity index (χ0v) is 29.6. The van der Waals surface area contributed by atoms with Crippen LogP contribution in [0.1, 0.15) is 63.8 Å². The quantitative estimate of drug-likeness (QED) is 0.140. The predicted molar refractivity (Wildman–Crippen MR) is 185 cm³/mol. The molecule has 2 unspecified atom stereocenters. The second-order valence-electron chi connectivity index (χ2n) is 12.4. The summed E-state index contributed by atoms with van der Waals surface area (Å²) in [4.78, 5) is 58.4. The van der Waals surface area contributed by atoms with Crippen molar-refractivity contribution in [2.75, 3.05) is 0 Å². The third kappa shape index (κ3) is 7.94. The molecule has 47 heavy (non-hydrogen) atoms. The molecule has 254 valence electrons. The number of H-pyrrole nitrogens is 1. The number of aromatic nitrogens is 1. The van der Waals surface area contributed by atoms with Gasteiger partial charge in [-0.15, -0.1) is 0 Å². The molecule has 5 atom stereocenters. The lowest BCUT2D eigenvalue weighted by Crippen LogP contribution is -2.67. The highest BCUT2D eigenvalue weighted by atomic mass is 35.5. The number of carboxylic acid groups (broad SMARTS) is 1. The monoisotopic (exact) mass is 725 g/mol. The van der Waals surface area contributed by atoms with Gasteiger partial charge >= 0.3 is 6.09 Å². The van der Waals surface area contributed by atoms with Crippen LogP contribution < -0.4 is 16.4 Å². The van der Waals surface area contributed by atoms with Crippen LogP contribution in [-0.4, -0.2) is 56.4 Å². The Morgan fingerprint density at radius 2 is 1.60 bits per heavy atom. The molecule has 0 bridgehead atoms. The lowest BCUT2D eigenvalue weighted by molar-refractivity contribution is -0.139. The van der Waals surface area contributed by atoms with Crippen molar-refractivity contribution in [3.63, 3.8) is 0 Å². The van der Waals surface area contributed by atoms with Crippen LogP contribution in [-0.2, 0) is 33.8 Å². The minimum atomic E-state index is -1.58. The average molecular weight is 728 g/mol. The first kappa shape index (κ1) is 36.7. The fraction of sp³-hybridized carbons (Fsp3) is 0.455. The summed E-state index contributed by atoms with van der Waals surface area (Å²) in [6.07, 6.45) is 0.191. The summed E-state index contributed by atoms with van der Waals surface area (Å²) < 4.78 is 0. The van der Waals surface area contributed by atoms with Gasteiger partial charge in [0.05, 0.1) is 10.5 Å². The highest BCUT2D eigenvalue weighted by Gasteiger charge is 2.47. The molecule has 2 aromatic carbocycles. The maximum absolute atomic E-state index is 14.4. The van der Waals surface area contributed by atoms with Crippen molar-refractivity contribution in [1.82, 2.24) is 20.5 Å². The zero-order valence-electron chi connectivity index (χ0n) is 26.6. The molecule has 4 amide bonds. The molecule has 0 radical (unpaired) electrons. The van der Waals surface area contributed by atoms with E-state index in [0.717, 1.165) is 16.2 Å². The molecule has 0 saturated heterocycles. The summed E-state index contributed by atoms with van der Waals surface area (Å²) in [6, 6.07) is 5.85. The predicted octanol–water partition coefficient (Wildman–Crippen LogP) is 6.74. The topological polar surface area (TPSA) is 158 Å². The number of nitrogens with two attached hydrogens (primary N) is 1. The van der Waals surface area contributed by atoms with E-state index in [2.05, 4.69) is 15.6 Å². The van der Waals surface area contributed by atoms with Crippen LogP contribution in [0.4, 0.5) is 4.79 Å². The summed E-state index contributed by atoms with van der Waals surface area (Å²) in [5.41, 5.74) is 6.83. The highest BCUT2D eigenvalue weighted by Crippen LogP contribution is 2.38. The Morgan fingerprint density at radius 1 is 0.979 bits per heavy atom. The second kappa shape index (κ2) is 14.9. The van der Waals surface area contributed by atoms with Gasteiger partial charge in [0.1, 0.15) is 17.6 Å². The highest BCUT2D eigenvalue weighted by molar-refractivity contribution is 6.38. The van der Waals surface area contributed by atoms with Crippen molar-refractivity contribution < 1.29 is 24.3 Å². The van der Waals surface area contributed by atoms with Crippen molar-refractivity contribution in [3.8, 4) is 0 Å². The molecular weight excluding hydrogens is 688 g/mol. The van der Waals surface area contributed by atoms with Gasteiger partial charge in [0.15, 0.2) is 0 Å². The van der Waals surface area contributed by atoms with Crippen molar-refractivity contribution in [2.24, 2.45) is 17.6 Å². The molecule has 0 saturated carbocycles. The van der Waals surface area contributed by atoms with Crippen molar-refractivity contribution in [3.05, 3.63) is 67.2 Å². The summed E-state index contributed by atoms with van der Waals surface area (Å²) in [6.45, 7) is 7.11. The van der Waals surface area contributed by atoms with E-state index < -0.39 is 47.4 Å². The Labute approximate surface area is 293 Å². The number of rotatable bonds is 12. The van der Waals surface area contributed by atoms with E-state index in [4.69, 9.17) is 52.1 Å². The van der Waals surface area contributed by atoms with Crippen molar-refractivity contribution in [1.29, 1.82) is 0 Å². The van der Waals surface area contributed by atoms with Gasteiger partial charge in [0.25, 0.3) is 0 Å². The van der Waals surface area contributed by atoms with Gasteiger partial charge in [-0.1, -0.05) is 86.9 Å². The van der Waals surface area contributed by atoms with Gasteiger partial charge in [-0.3, -0.25) is 19.3 Å². The Morgan fingerprint density at radius 3 is 2.17 bits per heavy atom. The molecule has 6 N–H and O–H groups in total. The van der Waals surface area contributed by atoms with Crippen LogP contribution in [0, 0.1) is 11.8 Å². The van der Waals surface area contributed by atoms with E-state index in [0.29, 0.717) is 55.8 Å². The van der Waals surface area contributed by atoms with Crippen LogP contribution in [0.5, 0.6) is 0 Å². The SMILES string of the molecule is CC[C@H](C)C(NC(=O)[C@@]1(NC(=O)C([C@@H](C)CC)N(Cc2cc(Cl)cc(Cl)c2)C(=O)O)CCc2[nH]c3c(Cl)cc(Cl)cc3c2C1)C(N)=O. The van der Waals surface area contributed by atoms with Gasteiger partial charge < -0.3 is 26.5 Å². The maximum atomic E-state index is 14.4. The van der Waals surface area contributed by atoms with E-state index in [1.54, 1.807) is 38.1 Å². The van der Waals surface area contributed by atoms with Gasteiger partial charge in [-0.25, -0.2) is 4.79 Å². The molecule has 1 heterocycles. The summed E-state index contributed by atoms with van der Waals surface area (Å²) >= 11 is 25.2. The smallest absolute Gasteiger partial charge is 0.408 e. The minimum Gasteiger partial charge on any atom is -0.465 e. The minimum absolute atomic E-state index is 0.0206. The van der Waals surface area contributed by atoms with Crippen LogP contribution >= 0.6 is 46.4 Å². The normalized spacial score (nSPS) is 18.5. The number of aromatic amines is 1. The maximum Gasteiger partial charge on any atom is 0.408 e. The fourth-order valence-electron chi connectivity index (χ4n) is 6.26. The number of hydrogen-bond donors (Lipinski definition) is 5. The lowest BCUT2D eigenvalue weighted by Gasteiger charge is -2.41. The van der Waals surface area contributed by atoms with E-state index in [-0.39, 0.29) is 25.3 Å². The van der Waals surface area contributed by atoms with Gasteiger partial charge in [0.2, 0.25) is 17.7 Å². The zero-order chi connectivity index (χ0) is 34.8. The largest absolute Gasteiger partial charge is 0.465 e. The van der Waals surface area contributed by atoms with Crippen molar-refractivity contribution >= 4 is 81.1 Å². The summed E-state index contributed by atoms with van der Waals surface area (Å²) in [7, 11) is 0. The molecule has 0 spiro atoms. The molecular formula is C33H39Cl4N5O5. The molecule has 1 aromatic heterocycles. The van der Waals surface area contributed by atoms with Gasteiger partial charge in [0, 0.05) is 39.1 Å². The number of benzene rings is 2. The molecule has 4 rings (SSSR count). The fourth-order valence-corrected chi connectivity index (χ4v) is 7.37. The molecule has 0 fully saturated rings. The Bertz CT molecular complexity index is 1680. The Kier molecular flexibility index (Phi) is 11.6. The number of carbonyl (C=O) groups excluding carboxylic acids is 3. The van der Waals surface area contributed by atoms with E-state index in [1.165, 1.54) is 6.07 Å².